The minimum atomic E-state index is -0.896. The summed E-state index contributed by atoms with van der Waals surface area (Å²) in [5.41, 5.74) is 7.04. The van der Waals surface area contributed by atoms with Gasteiger partial charge in [-0.05, 0) is 24.0 Å². The van der Waals surface area contributed by atoms with Crippen molar-refractivity contribution in [3.05, 3.63) is 35.4 Å². The zero-order valence-electron chi connectivity index (χ0n) is 10.5. The first kappa shape index (κ1) is 14.0. The van der Waals surface area contributed by atoms with Crippen LogP contribution in [-0.4, -0.2) is 17.1 Å². The summed E-state index contributed by atoms with van der Waals surface area (Å²) in [6.07, 6.45) is -0.0285. The maximum atomic E-state index is 11.0. The van der Waals surface area contributed by atoms with Crippen molar-refractivity contribution in [2.75, 3.05) is 0 Å². The van der Waals surface area contributed by atoms with Crippen molar-refractivity contribution in [2.24, 2.45) is 11.7 Å². The molecule has 5 heteroatoms. The average Bonchev–Trinajstić information content (AvgIpc) is 2.25. The van der Waals surface area contributed by atoms with E-state index in [4.69, 9.17) is 10.8 Å². The third-order valence-electron chi connectivity index (χ3n) is 2.89. The van der Waals surface area contributed by atoms with Crippen molar-refractivity contribution in [1.82, 2.24) is 5.32 Å². The van der Waals surface area contributed by atoms with Gasteiger partial charge in [0.15, 0.2) is 0 Å². The molecule has 2 atom stereocenters. The smallest absolute Gasteiger partial charge is 0.312 e. The van der Waals surface area contributed by atoms with Crippen molar-refractivity contribution in [2.45, 2.75) is 26.3 Å². The van der Waals surface area contributed by atoms with Gasteiger partial charge < -0.3 is 16.2 Å². The van der Waals surface area contributed by atoms with E-state index in [9.17, 15) is 9.59 Å². The Balaban J connectivity index is 3.01. The van der Waals surface area contributed by atoms with E-state index in [1.165, 1.54) is 0 Å². The van der Waals surface area contributed by atoms with E-state index >= 15 is 0 Å². The Kier molecular flexibility index (Phi) is 4.71. The minimum Gasteiger partial charge on any atom is -0.481 e. The Morgan fingerprint density at radius 1 is 1.39 bits per heavy atom. The van der Waals surface area contributed by atoms with Crippen LogP contribution in [0.2, 0.25) is 0 Å². The molecule has 0 spiro atoms. The molecule has 0 bridgehead atoms. The molecular formula is C13H18N2O3. The van der Waals surface area contributed by atoms with Crippen molar-refractivity contribution in [1.29, 1.82) is 0 Å². The maximum Gasteiger partial charge on any atom is 0.312 e. The number of aliphatic carboxylic acids is 1. The number of carbonyl (C=O) groups is 2. The topological polar surface area (TPSA) is 92.4 Å². The molecule has 0 aliphatic carbocycles. The maximum absolute atomic E-state index is 11.0. The Morgan fingerprint density at radius 3 is 2.50 bits per heavy atom. The number of urea groups is 1. The van der Waals surface area contributed by atoms with Gasteiger partial charge in [-0.3, -0.25) is 4.79 Å². The van der Waals surface area contributed by atoms with Crippen molar-refractivity contribution >= 4 is 12.0 Å². The first-order chi connectivity index (χ1) is 8.41. The van der Waals surface area contributed by atoms with Crippen LogP contribution >= 0.6 is 0 Å². The summed E-state index contributed by atoms with van der Waals surface area (Å²) in [5, 5.41) is 11.5. The number of carbonyl (C=O) groups excluding carboxylic acids is 1. The Hall–Kier alpha value is -2.04. The number of rotatable bonds is 5. The zero-order valence-corrected chi connectivity index (χ0v) is 10.5. The Bertz CT molecular complexity index is 446. The Labute approximate surface area is 106 Å². The number of aryl methyl sites for hydroxylation is 1. The van der Waals surface area contributed by atoms with Gasteiger partial charge in [-0.15, -0.1) is 0 Å². The summed E-state index contributed by atoms with van der Waals surface area (Å²) in [4.78, 5) is 21.8. The highest BCUT2D eigenvalue weighted by atomic mass is 16.4. The van der Waals surface area contributed by atoms with Crippen LogP contribution in [0.3, 0.4) is 0 Å². The van der Waals surface area contributed by atoms with Crippen LogP contribution in [0.5, 0.6) is 0 Å². The number of hydrogen-bond acceptors (Lipinski definition) is 2. The monoisotopic (exact) mass is 250 g/mol. The quantitative estimate of drug-likeness (QED) is 0.744. The molecule has 0 saturated carbocycles. The second-order valence-corrected chi connectivity index (χ2v) is 4.42. The molecule has 0 aliphatic heterocycles. The lowest BCUT2D eigenvalue weighted by molar-refractivity contribution is -0.138. The SMILES string of the molecule is Cc1ccccc1C(NC(N)=O)C(C)CC(=O)O. The molecule has 1 rings (SSSR count). The molecule has 0 heterocycles. The lowest BCUT2D eigenvalue weighted by Gasteiger charge is -2.25. The number of amides is 2. The van der Waals surface area contributed by atoms with Crippen LogP contribution in [0.4, 0.5) is 4.79 Å². The second kappa shape index (κ2) is 6.05. The van der Waals surface area contributed by atoms with Gasteiger partial charge in [-0.2, -0.15) is 0 Å². The molecule has 4 N–H and O–H groups in total. The van der Waals surface area contributed by atoms with E-state index in [0.29, 0.717) is 0 Å². The molecule has 2 unspecified atom stereocenters. The van der Waals surface area contributed by atoms with Crippen LogP contribution in [0.1, 0.15) is 30.5 Å². The highest BCUT2D eigenvalue weighted by molar-refractivity contribution is 5.72. The summed E-state index contributed by atoms with van der Waals surface area (Å²) in [7, 11) is 0. The van der Waals surface area contributed by atoms with Gasteiger partial charge in [0, 0.05) is 0 Å². The van der Waals surface area contributed by atoms with Gasteiger partial charge in [0.1, 0.15) is 0 Å². The van der Waals surface area contributed by atoms with Crippen molar-refractivity contribution < 1.29 is 14.7 Å². The standard InChI is InChI=1S/C13H18N2O3/c1-8-5-3-4-6-10(8)12(15-13(14)18)9(2)7-11(16)17/h3-6,9,12H,7H2,1-2H3,(H,16,17)(H3,14,15,18). The fraction of sp³-hybridized carbons (Fsp3) is 0.385. The molecule has 2 amide bonds. The van der Waals surface area contributed by atoms with Gasteiger partial charge in [0.05, 0.1) is 12.5 Å². The van der Waals surface area contributed by atoms with E-state index in [2.05, 4.69) is 5.32 Å². The fourth-order valence-electron chi connectivity index (χ4n) is 2.01. The van der Waals surface area contributed by atoms with E-state index in [1.54, 1.807) is 6.92 Å². The number of carboxylic acid groups (broad SMARTS) is 1. The molecule has 1 aromatic rings. The first-order valence-electron chi connectivity index (χ1n) is 5.75. The van der Waals surface area contributed by atoms with Gasteiger partial charge in [0.25, 0.3) is 0 Å². The fourth-order valence-corrected chi connectivity index (χ4v) is 2.01. The zero-order chi connectivity index (χ0) is 13.7. The lowest BCUT2D eigenvalue weighted by Crippen LogP contribution is -2.37. The summed E-state index contributed by atoms with van der Waals surface area (Å²) in [5.74, 6) is -1.14. The van der Waals surface area contributed by atoms with E-state index in [-0.39, 0.29) is 18.4 Å². The average molecular weight is 250 g/mol. The highest BCUT2D eigenvalue weighted by Gasteiger charge is 2.23. The van der Waals surface area contributed by atoms with Gasteiger partial charge >= 0.3 is 12.0 Å². The van der Waals surface area contributed by atoms with Crippen LogP contribution in [0.25, 0.3) is 0 Å². The Morgan fingerprint density at radius 2 is 2.00 bits per heavy atom. The first-order valence-corrected chi connectivity index (χ1v) is 5.75. The summed E-state index contributed by atoms with van der Waals surface area (Å²) in [6, 6.07) is 6.49. The number of benzene rings is 1. The van der Waals surface area contributed by atoms with E-state index in [0.717, 1.165) is 11.1 Å². The van der Waals surface area contributed by atoms with Crippen molar-refractivity contribution in [3.63, 3.8) is 0 Å². The molecule has 5 nitrogen and oxygen atoms in total. The molecule has 0 fully saturated rings. The third-order valence-corrected chi connectivity index (χ3v) is 2.89. The molecule has 0 radical (unpaired) electrons. The van der Waals surface area contributed by atoms with E-state index in [1.807, 2.05) is 31.2 Å². The number of carboxylic acids is 1. The van der Waals surface area contributed by atoms with E-state index < -0.39 is 12.0 Å². The molecule has 0 aromatic heterocycles. The molecule has 0 aliphatic rings. The van der Waals surface area contributed by atoms with Crippen LogP contribution in [-0.2, 0) is 4.79 Å². The number of primary amides is 1. The summed E-state index contributed by atoms with van der Waals surface area (Å²) in [6.45, 7) is 3.69. The highest BCUT2D eigenvalue weighted by Crippen LogP contribution is 2.26. The lowest BCUT2D eigenvalue weighted by atomic mass is 9.89. The third kappa shape index (κ3) is 3.76. The predicted octanol–water partition coefficient (Wildman–Crippen LogP) is 1.82. The van der Waals surface area contributed by atoms with Gasteiger partial charge in [-0.1, -0.05) is 31.2 Å². The van der Waals surface area contributed by atoms with Crippen LogP contribution < -0.4 is 11.1 Å². The largest absolute Gasteiger partial charge is 0.481 e. The molecule has 1 aromatic carbocycles. The second-order valence-electron chi connectivity index (χ2n) is 4.42. The minimum absolute atomic E-state index is 0.0285. The molecule has 18 heavy (non-hydrogen) atoms. The van der Waals surface area contributed by atoms with Crippen LogP contribution in [0, 0.1) is 12.8 Å². The number of hydrogen-bond donors (Lipinski definition) is 3. The molecule has 98 valence electrons. The van der Waals surface area contributed by atoms with Gasteiger partial charge in [-0.25, -0.2) is 4.79 Å². The normalized spacial score (nSPS) is 13.7. The number of nitrogens with two attached hydrogens (primary N) is 1. The predicted molar refractivity (Wildman–Crippen MR) is 68.1 cm³/mol. The van der Waals surface area contributed by atoms with Gasteiger partial charge in [0.2, 0.25) is 0 Å². The molecule has 0 saturated heterocycles. The van der Waals surface area contributed by atoms with Crippen LogP contribution in [0.15, 0.2) is 24.3 Å². The summed E-state index contributed by atoms with van der Waals surface area (Å²) >= 11 is 0. The molecular weight excluding hydrogens is 232 g/mol. The van der Waals surface area contributed by atoms with Crippen molar-refractivity contribution in [3.8, 4) is 0 Å². The number of nitrogens with one attached hydrogen (secondary N) is 1. The summed E-state index contributed by atoms with van der Waals surface area (Å²) < 4.78 is 0.